The number of alkyl halides is 9. The van der Waals surface area contributed by atoms with E-state index in [4.69, 9.17) is 13.0 Å². The van der Waals surface area contributed by atoms with Gasteiger partial charge in [-0.1, -0.05) is 18.2 Å². The molecule has 0 N–H and O–H groups in total. The van der Waals surface area contributed by atoms with E-state index in [0.717, 1.165) is 0 Å². The van der Waals surface area contributed by atoms with Crippen LogP contribution >= 0.6 is 0 Å². The Bertz CT molecular complexity index is 586. The van der Waals surface area contributed by atoms with E-state index in [2.05, 4.69) is 0 Å². The number of hydrogen-bond acceptors (Lipinski definition) is 3. The third-order valence-corrected chi connectivity index (χ3v) is 5.52. The van der Waals surface area contributed by atoms with E-state index in [-0.39, 0.29) is 3.57 Å². The van der Waals surface area contributed by atoms with Gasteiger partial charge in [0, 0.05) is 0 Å². The minimum absolute atomic E-state index is 0.230. The molecule has 1 rings (SSSR count). The van der Waals surface area contributed by atoms with Crippen molar-refractivity contribution in [3.8, 4) is 0 Å². The highest BCUT2D eigenvalue weighted by Gasteiger charge is 2.68. The molecular formula is C10H7F8IO3S. The molecule has 0 radical (unpaired) electrons. The van der Waals surface area contributed by atoms with Gasteiger partial charge in [0.05, 0.1) is 0 Å². The smallest absolute Gasteiger partial charge is 0.485 e. The van der Waals surface area contributed by atoms with E-state index in [1.54, 1.807) is 6.07 Å². The van der Waals surface area contributed by atoms with Crippen molar-refractivity contribution >= 4 is 10.1 Å². The molecule has 0 saturated carbocycles. The molecule has 0 amide bonds. The van der Waals surface area contributed by atoms with Crippen molar-refractivity contribution in [2.75, 3.05) is 6.67 Å². The second kappa shape index (κ2) is 7.92. The van der Waals surface area contributed by atoms with Crippen LogP contribution in [0, 0.1) is 3.57 Å². The van der Waals surface area contributed by atoms with Crippen LogP contribution in [0.2, 0.25) is 0 Å². The van der Waals surface area contributed by atoms with Crippen LogP contribution in [0.5, 0.6) is 0 Å². The highest BCUT2D eigenvalue weighted by atomic mass is 127. The molecule has 1 unspecified atom stereocenters. The summed E-state index contributed by atoms with van der Waals surface area (Å²) in [6, 6.07) is 7.37. The van der Waals surface area contributed by atoms with Gasteiger partial charge in [-0.05, 0) is 12.1 Å². The minimum Gasteiger partial charge on any atom is -0.741 e. The van der Waals surface area contributed by atoms with Gasteiger partial charge in [0.25, 0.3) is 0 Å². The van der Waals surface area contributed by atoms with E-state index >= 15 is 0 Å². The largest absolute Gasteiger partial charge is 0.741 e. The van der Waals surface area contributed by atoms with E-state index in [9.17, 15) is 35.1 Å². The van der Waals surface area contributed by atoms with Crippen LogP contribution in [0.4, 0.5) is 35.1 Å². The van der Waals surface area contributed by atoms with Crippen LogP contribution in [0.25, 0.3) is 0 Å². The molecule has 13 heteroatoms. The van der Waals surface area contributed by atoms with E-state index < -0.39 is 53.4 Å². The first-order valence-corrected chi connectivity index (χ1v) is 8.75. The summed E-state index contributed by atoms with van der Waals surface area (Å²) in [4.78, 5) is 0. The zero-order valence-corrected chi connectivity index (χ0v) is 13.6. The first-order valence-electron chi connectivity index (χ1n) is 5.19. The lowest BCUT2D eigenvalue weighted by Gasteiger charge is -2.13. The maximum absolute atomic E-state index is 13.3. The SMILES string of the molecule is FCC(F)([I+]c1ccccc1)C(F)(F)F.O=S(=O)([O-])C(F)(F)F. The lowest BCUT2D eigenvalue weighted by atomic mass is 10.4. The summed E-state index contributed by atoms with van der Waals surface area (Å²) in [5.41, 5.74) is -5.65. The second-order valence-corrected chi connectivity index (χ2v) is 8.49. The van der Waals surface area contributed by atoms with Crippen LogP contribution in [0.1, 0.15) is 0 Å². The van der Waals surface area contributed by atoms with E-state index in [1.807, 2.05) is 0 Å². The number of rotatable bonds is 3. The average molecular weight is 486 g/mol. The van der Waals surface area contributed by atoms with Crippen LogP contribution in [-0.2, 0) is 10.1 Å². The first kappa shape index (κ1) is 22.3. The lowest BCUT2D eigenvalue weighted by Crippen LogP contribution is -3.69. The fraction of sp³-hybridized carbons (Fsp3) is 0.400. The average Bonchev–Trinajstić information content (AvgIpc) is 2.36. The van der Waals surface area contributed by atoms with Crippen LogP contribution < -0.4 is 21.2 Å². The Hall–Kier alpha value is -0.700. The maximum Gasteiger partial charge on any atom is 0.485 e. The Morgan fingerprint density at radius 1 is 0.957 bits per heavy atom. The van der Waals surface area contributed by atoms with Crippen molar-refractivity contribution in [3.05, 3.63) is 33.9 Å². The molecule has 23 heavy (non-hydrogen) atoms. The molecule has 0 aliphatic carbocycles. The van der Waals surface area contributed by atoms with Crippen molar-refractivity contribution in [2.24, 2.45) is 0 Å². The fourth-order valence-corrected chi connectivity index (χ4v) is 3.02. The normalized spacial score (nSPS) is 15.3. The summed E-state index contributed by atoms with van der Waals surface area (Å²) in [5.74, 6) is 0. The van der Waals surface area contributed by atoms with Gasteiger partial charge < -0.3 is 4.55 Å². The molecule has 0 saturated heterocycles. The summed E-state index contributed by atoms with van der Waals surface area (Å²) in [6.45, 7) is -2.02. The molecule has 3 nitrogen and oxygen atoms in total. The van der Waals surface area contributed by atoms with Gasteiger partial charge >= 0.3 is 36.6 Å². The zero-order valence-electron chi connectivity index (χ0n) is 10.6. The Morgan fingerprint density at radius 3 is 1.61 bits per heavy atom. The Balaban J connectivity index is 0.000000515. The predicted octanol–water partition coefficient (Wildman–Crippen LogP) is 0.194. The van der Waals surface area contributed by atoms with Gasteiger partial charge in [0.1, 0.15) is 0 Å². The van der Waals surface area contributed by atoms with Crippen LogP contribution in [-0.4, -0.2) is 35.0 Å². The van der Waals surface area contributed by atoms with Gasteiger partial charge in [-0.3, -0.25) is 0 Å². The van der Waals surface area contributed by atoms with Gasteiger partial charge in [-0.25, -0.2) is 12.8 Å². The zero-order chi connectivity index (χ0) is 18.5. The third-order valence-electron chi connectivity index (χ3n) is 1.86. The Morgan fingerprint density at radius 2 is 1.35 bits per heavy atom. The third kappa shape index (κ3) is 7.15. The number of hydrogen-bond donors (Lipinski definition) is 0. The molecule has 0 heterocycles. The standard InChI is InChI=1S/C9H7F5I.CHF3O3S/c10-6-8(11,9(12,13)14)15-7-4-2-1-3-5-7;2-1(3,4)8(5,6)7/h1-5H,6H2;(H,5,6,7)/q+1;/p-1. The van der Waals surface area contributed by atoms with Gasteiger partial charge in [0.2, 0.25) is 0 Å². The topological polar surface area (TPSA) is 57.2 Å². The van der Waals surface area contributed by atoms with Crippen LogP contribution in [0.3, 0.4) is 0 Å². The van der Waals surface area contributed by atoms with E-state index in [0.29, 0.717) is 0 Å². The summed E-state index contributed by atoms with van der Waals surface area (Å²) in [7, 11) is -6.09. The highest BCUT2D eigenvalue weighted by molar-refractivity contribution is 7.86. The summed E-state index contributed by atoms with van der Waals surface area (Å²) in [6.07, 6.45) is -5.13. The Kier molecular flexibility index (Phi) is 7.67. The van der Waals surface area contributed by atoms with E-state index in [1.165, 1.54) is 24.3 Å². The van der Waals surface area contributed by atoms with Gasteiger partial charge in [-0.2, -0.15) is 30.7 Å². The van der Waals surface area contributed by atoms with Crippen LogP contribution in [0.15, 0.2) is 30.3 Å². The van der Waals surface area contributed by atoms with Gasteiger partial charge in [0.15, 0.2) is 20.4 Å². The molecule has 0 aliphatic heterocycles. The van der Waals surface area contributed by atoms with Crippen molar-refractivity contribution in [3.63, 3.8) is 0 Å². The minimum atomic E-state index is -6.09. The monoisotopic (exact) mass is 486 g/mol. The van der Waals surface area contributed by atoms with Gasteiger partial charge in [-0.15, -0.1) is 0 Å². The summed E-state index contributed by atoms with van der Waals surface area (Å²) < 4.78 is 117. The molecule has 0 spiro atoms. The maximum atomic E-state index is 13.3. The number of benzene rings is 1. The molecule has 1 aromatic rings. The van der Waals surface area contributed by atoms with Crippen molar-refractivity contribution in [2.45, 2.75) is 15.4 Å². The van der Waals surface area contributed by atoms with Crippen molar-refractivity contribution < 1.29 is 69.3 Å². The highest BCUT2D eigenvalue weighted by Crippen LogP contribution is 2.27. The molecule has 134 valence electrons. The predicted molar refractivity (Wildman–Crippen MR) is 56.8 cm³/mol. The first-order chi connectivity index (χ1) is 10.1. The molecular weight excluding hydrogens is 479 g/mol. The number of halogens is 9. The molecule has 0 bridgehead atoms. The van der Waals surface area contributed by atoms with Crippen molar-refractivity contribution in [1.82, 2.24) is 0 Å². The summed E-state index contributed by atoms with van der Waals surface area (Å²) >= 11 is -2.08. The van der Waals surface area contributed by atoms with Crippen molar-refractivity contribution in [1.29, 1.82) is 0 Å². The molecule has 1 aromatic carbocycles. The quantitative estimate of drug-likeness (QED) is 0.202. The molecule has 1 atom stereocenters. The lowest BCUT2D eigenvalue weighted by molar-refractivity contribution is -0.761. The molecule has 0 aromatic heterocycles. The summed E-state index contributed by atoms with van der Waals surface area (Å²) in [5, 5.41) is 0. The molecule has 0 fully saturated rings. The molecule has 0 aliphatic rings. The second-order valence-electron chi connectivity index (χ2n) is 3.63. The fourth-order valence-electron chi connectivity index (χ4n) is 0.805. The Labute approximate surface area is 135 Å².